The van der Waals surface area contributed by atoms with Crippen LogP contribution in [0.25, 0.3) is 0 Å². The van der Waals surface area contributed by atoms with Crippen molar-refractivity contribution < 1.29 is 9.80 Å². The zero-order valence-electron chi connectivity index (χ0n) is 10.6. The van der Waals surface area contributed by atoms with Gasteiger partial charge in [0.2, 0.25) is 0 Å². The number of rotatable bonds is 7. The van der Waals surface area contributed by atoms with E-state index >= 15 is 0 Å². The molecule has 0 aromatic carbocycles. The minimum atomic E-state index is 1.19. The highest BCUT2D eigenvalue weighted by Crippen LogP contribution is 1.83. The quantitative estimate of drug-likeness (QED) is 0.508. The van der Waals surface area contributed by atoms with E-state index < -0.39 is 0 Å². The Morgan fingerprint density at radius 2 is 1.71 bits per heavy atom. The molecule has 0 aromatic rings. The molecule has 0 radical (unpaired) electrons. The molecule has 1 atom stereocenters. The maximum atomic E-state index is 2.29. The van der Waals surface area contributed by atoms with E-state index in [2.05, 4.69) is 40.8 Å². The normalized spacial score (nSPS) is 14.9. The molecule has 2 N–H and O–H groups in total. The predicted molar refractivity (Wildman–Crippen MR) is 63.0 cm³/mol. The first-order valence-corrected chi connectivity index (χ1v) is 5.90. The van der Waals surface area contributed by atoms with Gasteiger partial charge >= 0.3 is 0 Å². The van der Waals surface area contributed by atoms with Crippen LogP contribution in [0.1, 0.15) is 27.7 Å². The third-order valence-corrected chi connectivity index (χ3v) is 2.98. The molecule has 0 rings (SSSR count). The van der Waals surface area contributed by atoms with E-state index in [1.807, 2.05) is 0 Å². The van der Waals surface area contributed by atoms with Gasteiger partial charge in [-0.15, -0.1) is 0 Å². The Bertz CT molecular complexity index is 160. The van der Waals surface area contributed by atoms with E-state index in [1.165, 1.54) is 38.3 Å². The minimum Gasteiger partial charge on any atom is -0.331 e. The van der Waals surface area contributed by atoms with Crippen molar-refractivity contribution >= 4 is 0 Å². The average Bonchev–Trinajstić information content (AvgIpc) is 2.19. The molecule has 0 aliphatic carbocycles. The lowest BCUT2D eigenvalue weighted by Gasteiger charge is -2.19. The Morgan fingerprint density at radius 1 is 1.14 bits per heavy atom. The van der Waals surface area contributed by atoms with Gasteiger partial charge in [-0.3, -0.25) is 0 Å². The number of hydrogen-bond acceptors (Lipinski definition) is 0. The Balaban J connectivity index is 3.67. The molecule has 14 heavy (non-hydrogen) atoms. The first kappa shape index (κ1) is 13.7. The van der Waals surface area contributed by atoms with Gasteiger partial charge in [-0.2, -0.15) is 0 Å². The molecule has 0 fully saturated rings. The molecule has 0 aliphatic heterocycles. The van der Waals surface area contributed by atoms with Gasteiger partial charge in [-0.1, -0.05) is 6.08 Å². The Labute approximate surface area is 89.6 Å². The summed E-state index contributed by atoms with van der Waals surface area (Å²) in [6, 6.07) is 0. The van der Waals surface area contributed by atoms with Gasteiger partial charge in [-0.05, 0) is 33.3 Å². The number of nitrogens with one attached hydrogen (secondary N) is 2. The van der Waals surface area contributed by atoms with Gasteiger partial charge in [0.05, 0.1) is 26.7 Å². The third kappa shape index (κ3) is 6.17. The third-order valence-electron chi connectivity index (χ3n) is 2.98. The Hall–Kier alpha value is -0.340. The van der Waals surface area contributed by atoms with Crippen LogP contribution in [0.3, 0.4) is 0 Å². The number of quaternary nitrogens is 2. The number of hydrogen-bond donors (Lipinski definition) is 2. The summed E-state index contributed by atoms with van der Waals surface area (Å²) in [6.45, 7) is 15.2. The molecule has 0 aliphatic rings. The van der Waals surface area contributed by atoms with Crippen molar-refractivity contribution in [1.82, 2.24) is 0 Å². The van der Waals surface area contributed by atoms with Crippen LogP contribution in [-0.2, 0) is 0 Å². The molecule has 2 heteroatoms. The van der Waals surface area contributed by atoms with E-state index in [9.17, 15) is 0 Å². The summed E-state index contributed by atoms with van der Waals surface area (Å²) in [5.74, 6) is 0. The highest BCUT2D eigenvalue weighted by atomic mass is 15.2. The van der Waals surface area contributed by atoms with Crippen molar-refractivity contribution in [3.05, 3.63) is 11.6 Å². The zero-order chi connectivity index (χ0) is 11.0. The van der Waals surface area contributed by atoms with E-state index in [0.717, 1.165) is 0 Å². The topological polar surface area (TPSA) is 8.88 Å². The van der Waals surface area contributed by atoms with E-state index in [0.29, 0.717) is 0 Å². The maximum absolute atomic E-state index is 2.29. The Morgan fingerprint density at radius 3 is 2.14 bits per heavy atom. The van der Waals surface area contributed by atoms with Crippen LogP contribution in [0.2, 0.25) is 0 Å². The van der Waals surface area contributed by atoms with Gasteiger partial charge in [-0.25, -0.2) is 0 Å². The SMILES string of the molecule is C/C=C(\C)C[NH+](C)CC[NH+](CC)CC. The molecule has 0 bridgehead atoms. The highest BCUT2D eigenvalue weighted by molar-refractivity contribution is 4.94. The smallest absolute Gasteiger partial charge is 0.127 e. The van der Waals surface area contributed by atoms with Crippen LogP contribution in [0.4, 0.5) is 0 Å². The van der Waals surface area contributed by atoms with Gasteiger partial charge in [0, 0.05) is 0 Å². The second kappa shape index (κ2) is 8.01. The van der Waals surface area contributed by atoms with Crippen molar-refractivity contribution in [2.24, 2.45) is 0 Å². The summed E-state index contributed by atoms with van der Waals surface area (Å²) in [5.41, 5.74) is 1.50. The largest absolute Gasteiger partial charge is 0.331 e. The number of likely N-dealkylation sites (N-methyl/N-ethyl adjacent to an activating group) is 2. The van der Waals surface area contributed by atoms with Crippen LogP contribution in [0.5, 0.6) is 0 Å². The van der Waals surface area contributed by atoms with Crippen LogP contribution < -0.4 is 9.80 Å². The molecule has 0 heterocycles. The fourth-order valence-corrected chi connectivity index (χ4v) is 1.66. The molecular weight excluding hydrogens is 172 g/mol. The summed E-state index contributed by atoms with van der Waals surface area (Å²) in [5, 5.41) is 0. The summed E-state index contributed by atoms with van der Waals surface area (Å²) in [6.07, 6.45) is 2.22. The first-order valence-electron chi connectivity index (χ1n) is 5.90. The summed E-state index contributed by atoms with van der Waals surface area (Å²) >= 11 is 0. The monoisotopic (exact) mass is 200 g/mol. The lowest BCUT2D eigenvalue weighted by Crippen LogP contribution is -3.18. The summed E-state index contributed by atoms with van der Waals surface area (Å²) in [7, 11) is 2.29. The second-order valence-electron chi connectivity index (χ2n) is 4.23. The van der Waals surface area contributed by atoms with Gasteiger partial charge in [0.15, 0.2) is 0 Å². The van der Waals surface area contributed by atoms with E-state index in [1.54, 1.807) is 9.80 Å². The fourth-order valence-electron chi connectivity index (χ4n) is 1.66. The van der Waals surface area contributed by atoms with Crippen molar-refractivity contribution in [1.29, 1.82) is 0 Å². The van der Waals surface area contributed by atoms with Crippen LogP contribution >= 0.6 is 0 Å². The Kier molecular flexibility index (Phi) is 7.81. The van der Waals surface area contributed by atoms with Crippen molar-refractivity contribution in [2.75, 3.05) is 39.8 Å². The predicted octanol–water partition coefficient (Wildman–Crippen LogP) is -0.608. The molecular formula is C12H28N2+2. The van der Waals surface area contributed by atoms with Crippen LogP contribution in [0, 0.1) is 0 Å². The van der Waals surface area contributed by atoms with Gasteiger partial charge in [0.1, 0.15) is 13.1 Å². The maximum Gasteiger partial charge on any atom is 0.127 e. The minimum absolute atomic E-state index is 1.19. The van der Waals surface area contributed by atoms with Crippen molar-refractivity contribution in [3.63, 3.8) is 0 Å². The molecule has 1 unspecified atom stereocenters. The fraction of sp³-hybridized carbons (Fsp3) is 0.833. The van der Waals surface area contributed by atoms with Crippen LogP contribution in [-0.4, -0.2) is 39.8 Å². The second-order valence-corrected chi connectivity index (χ2v) is 4.23. The van der Waals surface area contributed by atoms with Crippen molar-refractivity contribution in [3.8, 4) is 0 Å². The van der Waals surface area contributed by atoms with Gasteiger partial charge in [0.25, 0.3) is 0 Å². The van der Waals surface area contributed by atoms with E-state index in [-0.39, 0.29) is 0 Å². The first-order chi connectivity index (χ1) is 6.63. The van der Waals surface area contributed by atoms with E-state index in [4.69, 9.17) is 0 Å². The molecule has 0 saturated carbocycles. The highest BCUT2D eigenvalue weighted by Gasteiger charge is 2.07. The lowest BCUT2D eigenvalue weighted by atomic mass is 10.3. The summed E-state index contributed by atoms with van der Waals surface area (Å²) in [4.78, 5) is 3.34. The van der Waals surface area contributed by atoms with Gasteiger partial charge < -0.3 is 9.80 Å². The zero-order valence-corrected chi connectivity index (χ0v) is 10.6. The molecule has 0 aromatic heterocycles. The molecule has 84 valence electrons. The molecule has 0 spiro atoms. The number of allylic oxidation sites excluding steroid dienone is 1. The molecule has 2 nitrogen and oxygen atoms in total. The lowest BCUT2D eigenvalue weighted by molar-refractivity contribution is -0.945. The van der Waals surface area contributed by atoms with Crippen LogP contribution in [0.15, 0.2) is 11.6 Å². The average molecular weight is 200 g/mol. The van der Waals surface area contributed by atoms with Crippen molar-refractivity contribution in [2.45, 2.75) is 27.7 Å². The standard InChI is InChI=1S/C12H26N2/c1-6-12(4)11-13(5)9-10-14(7-2)8-3/h6H,7-11H2,1-5H3/p+2/b12-6+. The molecule has 0 amide bonds. The summed E-state index contributed by atoms with van der Waals surface area (Å²) < 4.78 is 0. The molecule has 0 saturated heterocycles.